The van der Waals surface area contributed by atoms with Crippen LogP contribution in [-0.4, -0.2) is 19.9 Å². The molecule has 0 aliphatic rings. The van der Waals surface area contributed by atoms with Gasteiger partial charge in [-0.1, -0.05) is 23.7 Å². The van der Waals surface area contributed by atoms with E-state index in [4.69, 9.17) is 11.6 Å². The second kappa shape index (κ2) is 6.40. The van der Waals surface area contributed by atoms with Gasteiger partial charge < -0.3 is 0 Å². The fourth-order valence-corrected chi connectivity index (χ4v) is 2.35. The quantitative estimate of drug-likeness (QED) is 0.410. The molecule has 7 nitrogen and oxygen atoms in total. The SMILES string of the molecule is N#Cc1c(Cl)nc(-c2ccncc2)nc1-c1cccc([N+](=O)[O-])c1. The number of benzene rings is 1. The average molecular weight is 338 g/mol. The summed E-state index contributed by atoms with van der Waals surface area (Å²) in [6.07, 6.45) is 3.16. The lowest BCUT2D eigenvalue weighted by Gasteiger charge is -2.08. The van der Waals surface area contributed by atoms with Gasteiger partial charge >= 0.3 is 0 Å². The summed E-state index contributed by atoms with van der Waals surface area (Å²) in [5.74, 6) is 0.308. The maximum absolute atomic E-state index is 11.0. The van der Waals surface area contributed by atoms with Crippen LogP contribution in [-0.2, 0) is 0 Å². The van der Waals surface area contributed by atoms with E-state index in [0.29, 0.717) is 17.0 Å². The Morgan fingerprint density at radius 1 is 1.12 bits per heavy atom. The minimum atomic E-state index is -0.512. The molecule has 0 bridgehead atoms. The third-order valence-electron chi connectivity index (χ3n) is 3.25. The molecule has 0 saturated carbocycles. The highest BCUT2D eigenvalue weighted by molar-refractivity contribution is 6.31. The van der Waals surface area contributed by atoms with Gasteiger partial charge in [-0.25, -0.2) is 9.97 Å². The van der Waals surface area contributed by atoms with Crippen molar-refractivity contribution in [1.82, 2.24) is 15.0 Å². The van der Waals surface area contributed by atoms with Crippen LogP contribution in [0.3, 0.4) is 0 Å². The van der Waals surface area contributed by atoms with Crippen LogP contribution in [0.1, 0.15) is 5.56 Å². The van der Waals surface area contributed by atoms with Crippen molar-refractivity contribution in [3.63, 3.8) is 0 Å². The molecule has 1 aromatic carbocycles. The number of nitro benzene ring substituents is 1. The number of pyridine rings is 1. The molecule has 24 heavy (non-hydrogen) atoms. The van der Waals surface area contributed by atoms with Gasteiger partial charge in [0.2, 0.25) is 0 Å². The standard InChI is InChI=1S/C16H8ClN5O2/c17-15-13(9-18)14(11-2-1-3-12(8-11)22(23)24)20-16(21-15)10-4-6-19-7-5-10/h1-8H. The first-order valence-corrected chi connectivity index (χ1v) is 7.11. The van der Waals surface area contributed by atoms with Gasteiger partial charge in [0, 0.05) is 35.7 Å². The van der Waals surface area contributed by atoms with Crippen LogP contribution in [0.15, 0.2) is 48.8 Å². The summed E-state index contributed by atoms with van der Waals surface area (Å²) >= 11 is 6.11. The van der Waals surface area contributed by atoms with Crippen molar-refractivity contribution >= 4 is 17.3 Å². The van der Waals surface area contributed by atoms with E-state index in [-0.39, 0.29) is 22.1 Å². The topological polar surface area (TPSA) is 106 Å². The van der Waals surface area contributed by atoms with E-state index in [9.17, 15) is 15.4 Å². The van der Waals surface area contributed by atoms with Gasteiger partial charge in [0.05, 0.1) is 10.6 Å². The van der Waals surface area contributed by atoms with Crippen molar-refractivity contribution in [3.05, 3.63) is 69.6 Å². The molecule has 0 unspecified atom stereocenters. The van der Waals surface area contributed by atoms with Crippen molar-refractivity contribution in [2.45, 2.75) is 0 Å². The van der Waals surface area contributed by atoms with Crippen molar-refractivity contribution in [2.24, 2.45) is 0 Å². The molecule has 0 radical (unpaired) electrons. The van der Waals surface area contributed by atoms with Gasteiger partial charge in [-0.3, -0.25) is 15.1 Å². The zero-order valence-corrected chi connectivity index (χ0v) is 12.8. The molecule has 0 aliphatic carbocycles. The molecule has 0 saturated heterocycles. The normalized spacial score (nSPS) is 10.2. The number of hydrogen-bond donors (Lipinski definition) is 0. The van der Waals surface area contributed by atoms with Gasteiger partial charge in [0.15, 0.2) is 11.0 Å². The minimum absolute atomic E-state index is 0.0131. The maximum atomic E-state index is 11.0. The summed E-state index contributed by atoms with van der Waals surface area (Å²) in [6, 6.07) is 11.2. The van der Waals surface area contributed by atoms with E-state index in [1.807, 2.05) is 6.07 Å². The molecule has 0 aliphatic heterocycles. The summed E-state index contributed by atoms with van der Waals surface area (Å²) < 4.78 is 0. The van der Waals surface area contributed by atoms with E-state index >= 15 is 0 Å². The number of nitrogens with zero attached hydrogens (tertiary/aromatic N) is 5. The predicted molar refractivity (Wildman–Crippen MR) is 87.1 cm³/mol. The molecule has 3 aromatic rings. The van der Waals surface area contributed by atoms with E-state index in [1.165, 1.54) is 18.2 Å². The van der Waals surface area contributed by atoms with Crippen LogP contribution in [0.25, 0.3) is 22.6 Å². The summed E-state index contributed by atoms with van der Waals surface area (Å²) in [4.78, 5) is 22.9. The zero-order chi connectivity index (χ0) is 17.1. The molecule has 0 fully saturated rings. The number of halogens is 1. The van der Waals surface area contributed by atoms with Crippen LogP contribution in [0.4, 0.5) is 5.69 Å². The number of non-ortho nitro benzene ring substituents is 1. The van der Waals surface area contributed by atoms with Crippen molar-refractivity contribution in [1.29, 1.82) is 5.26 Å². The summed E-state index contributed by atoms with van der Waals surface area (Å²) in [5.41, 5.74) is 1.29. The third kappa shape index (κ3) is 2.91. The number of rotatable bonds is 3. The number of nitriles is 1. The highest BCUT2D eigenvalue weighted by Gasteiger charge is 2.17. The maximum Gasteiger partial charge on any atom is 0.270 e. The van der Waals surface area contributed by atoms with Crippen LogP contribution in [0, 0.1) is 21.4 Å². The molecule has 2 aromatic heterocycles. The number of nitro groups is 1. The van der Waals surface area contributed by atoms with Crippen molar-refractivity contribution in [2.75, 3.05) is 0 Å². The monoisotopic (exact) mass is 337 g/mol. The van der Waals surface area contributed by atoms with E-state index < -0.39 is 4.92 Å². The Kier molecular flexibility index (Phi) is 4.14. The molecule has 2 heterocycles. The van der Waals surface area contributed by atoms with E-state index in [2.05, 4.69) is 15.0 Å². The minimum Gasteiger partial charge on any atom is -0.265 e. The van der Waals surface area contributed by atoms with Gasteiger partial charge in [-0.15, -0.1) is 0 Å². The Bertz CT molecular complexity index is 970. The predicted octanol–water partition coefficient (Wildman–Crippen LogP) is 3.64. The largest absolute Gasteiger partial charge is 0.270 e. The molecular formula is C16H8ClN5O2. The first kappa shape index (κ1) is 15.5. The molecule has 0 atom stereocenters. The van der Waals surface area contributed by atoms with Gasteiger partial charge in [0.1, 0.15) is 11.6 Å². The lowest BCUT2D eigenvalue weighted by molar-refractivity contribution is -0.384. The van der Waals surface area contributed by atoms with Crippen molar-refractivity contribution in [3.8, 4) is 28.7 Å². The Hall–Kier alpha value is -3.37. The third-order valence-corrected chi connectivity index (χ3v) is 3.52. The van der Waals surface area contributed by atoms with E-state index in [0.717, 1.165) is 0 Å². The van der Waals surface area contributed by atoms with E-state index in [1.54, 1.807) is 30.6 Å². The average Bonchev–Trinajstić information content (AvgIpc) is 2.62. The highest BCUT2D eigenvalue weighted by Crippen LogP contribution is 2.30. The van der Waals surface area contributed by atoms with Crippen molar-refractivity contribution < 1.29 is 4.92 Å². The molecule has 3 rings (SSSR count). The van der Waals surface area contributed by atoms with Crippen LogP contribution in [0.2, 0.25) is 5.15 Å². The summed E-state index contributed by atoms with van der Waals surface area (Å²) in [6.45, 7) is 0. The lowest BCUT2D eigenvalue weighted by Crippen LogP contribution is -1.99. The van der Waals surface area contributed by atoms with Gasteiger partial charge in [0.25, 0.3) is 5.69 Å². The molecule has 8 heteroatoms. The second-order valence-corrected chi connectivity index (χ2v) is 5.07. The number of hydrogen-bond acceptors (Lipinski definition) is 6. The molecule has 0 spiro atoms. The molecule has 0 amide bonds. The molecule has 116 valence electrons. The zero-order valence-electron chi connectivity index (χ0n) is 12.0. The Morgan fingerprint density at radius 2 is 1.88 bits per heavy atom. The summed E-state index contributed by atoms with van der Waals surface area (Å²) in [5, 5.41) is 20.3. The first-order valence-electron chi connectivity index (χ1n) is 6.73. The smallest absolute Gasteiger partial charge is 0.265 e. The van der Waals surface area contributed by atoms with Gasteiger partial charge in [-0.05, 0) is 12.1 Å². The fourth-order valence-electron chi connectivity index (χ4n) is 2.14. The van der Waals surface area contributed by atoms with Crippen LogP contribution in [0.5, 0.6) is 0 Å². The van der Waals surface area contributed by atoms with Crippen LogP contribution < -0.4 is 0 Å². The number of aromatic nitrogens is 3. The first-order chi connectivity index (χ1) is 11.6. The van der Waals surface area contributed by atoms with Gasteiger partial charge in [-0.2, -0.15) is 5.26 Å². The molecule has 0 N–H and O–H groups in total. The van der Waals surface area contributed by atoms with Crippen LogP contribution >= 0.6 is 11.6 Å². The summed E-state index contributed by atoms with van der Waals surface area (Å²) in [7, 11) is 0. The lowest BCUT2D eigenvalue weighted by atomic mass is 10.1. The Morgan fingerprint density at radius 3 is 2.54 bits per heavy atom. The fraction of sp³-hybridized carbons (Fsp3) is 0. The Balaban J connectivity index is 2.23. The molecular weight excluding hydrogens is 330 g/mol. The Labute approximate surface area is 141 Å². The highest BCUT2D eigenvalue weighted by atomic mass is 35.5. The second-order valence-electron chi connectivity index (χ2n) is 4.72.